The van der Waals surface area contributed by atoms with E-state index >= 15 is 0 Å². The van der Waals surface area contributed by atoms with Gasteiger partial charge in [-0.25, -0.2) is 0 Å². The van der Waals surface area contributed by atoms with Crippen LogP contribution in [0.5, 0.6) is 0 Å². The van der Waals surface area contributed by atoms with E-state index in [1.807, 2.05) is 0 Å². The summed E-state index contributed by atoms with van der Waals surface area (Å²) >= 11 is 0. The van der Waals surface area contributed by atoms with Crippen molar-refractivity contribution in [2.75, 3.05) is 32.7 Å². The Morgan fingerprint density at radius 1 is 1.15 bits per heavy atom. The first-order chi connectivity index (χ1) is 8.85. The molecule has 1 aromatic rings. The van der Waals surface area contributed by atoms with Crippen molar-refractivity contribution < 1.29 is 0 Å². The van der Waals surface area contributed by atoms with Crippen LogP contribution in [-0.2, 0) is 6.42 Å². The highest BCUT2D eigenvalue weighted by molar-refractivity contribution is 6.00. The van der Waals surface area contributed by atoms with Gasteiger partial charge in [-0.15, -0.1) is 24.8 Å². The van der Waals surface area contributed by atoms with Crippen molar-refractivity contribution in [2.24, 2.45) is 4.99 Å². The average Bonchev–Trinajstić information content (AvgIpc) is 2.44. The molecule has 1 aromatic carbocycles. The second-order valence-electron chi connectivity index (χ2n) is 4.59. The Labute approximate surface area is 134 Å². The van der Waals surface area contributed by atoms with Crippen LogP contribution < -0.4 is 5.32 Å². The molecule has 20 heavy (non-hydrogen) atoms. The highest BCUT2D eigenvalue weighted by Gasteiger charge is 2.12. The molecule has 0 radical (unpaired) electrons. The van der Waals surface area contributed by atoms with Crippen molar-refractivity contribution in [3.63, 3.8) is 0 Å². The summed E-state index contributed by atoms with van der Waals surface area (Å²) in [7, 11) is 0. The highest BCUT2D eigenvalue weighted by atomic mass is 35.5. The monoisotopic (exact) mass is 317 g/mol. The molecule has 114 valence electrons. The van der Waals surface area contributed by atoms with Gasteiger partial charge in [0, 0.05) is 25.2 Å². The molecule has 1 heterocycles. The number of rotatable bonds is 5. The molecule has 0 fully saturated rings. The van der Waals surface area contributed by atoms with Gasteiger partial charge in [-0.1, -0.05) is 38.1 Å². The van der Waals surface area contributed by atoms with Crippen LogP contribution in [0.3, 0.4) is 0 Å². The van der Waals surface area contributed by atoms with Gasteiger partial charge in [-0.2, -0.15) is 0 Å². The third kappa shape index (κ3) is 4.97. The van der Waals surface area contributed by atoms with Crippen LogP contribution in [0.15, 0.2) is 29.3 Å². The van der Waals surface area contributed by atoms with Gasteiger partial charge in [0.05, 0.1) is 0 Å². The maximum atomic E-state index is 4.61. The van der Waals surface area contributed by atoms with E-state index in [4.69, 9.17) is 0 Å². The first kappa shape index (κ1) is 19.2. The zero-order valence-corrected chi connectivity index (χ0v) is 13.9. The summed E-state index contributed by atoms with van der Waals surface area (Å²) in [5.41, 5.74) is 2.70. The first-order valence-electron chi connectivity index (χ1n) is 6.94. The molecule has 0 amide bonds. The van der Waals surface area contributed by atoms with Gasteiger partial charge < -0.3 is 10.2 Å². The summed E-state index contributed by atoms with van der Waals surface area (Å²) in [5.74, 6) is 1.07. The average molecular weight is 318 g/mol. The number of halogens is 2. The van der Waals surface area contributed by atoms with Gasteiger partial charge in [0.2, 0.25) is 0 Å². The Hall–Kier alpha value is -0.770. The lowest BCUT2D eigenvalue weighted by molar-refractivity contribution is 0.308. The minimum absolute atomic E-state index is 0. The summed E-state index contributed by atoms with van der Waals surface area (Å²) in [6, 6.07) is 8.57. The molecule has 1 aliphatic heterocycles. The van der Waals surface area contributed by atoms with Crippen molar-refractivity contribution in [3.05, 3.63) is 35.4 Å². The van der Waals surface area contributed by atoms with Crippen molar-refractivity contribution in [1.82, 2.24) is 10.2 Å². The summed E-state index contributed by atoms with van der Waals surface area (Å²) in [5, 5.41) is 3.49. The Morgan fingerprint density at radius 3 is 2.55 bits per heavy atom. The van der Waals surface area contributed by atoms with E-state index in [1.54, 1.807) is 0 Å². The predicted octanol–water partition coefficient (Wildman–Crippen LogP) is 2.76. The Morgan fingerprint density at radius 2 is 1.85 bits per heavy atom. The second-order valence-corrected chi connectivity index (χ2v) is 4.59. The normalized spacial score (nSPS) is 12.8. The molecular formula is C15H25Cl2N3. The fourth-order valence-electron chi connectivity index (χ4n) is 2.37. The van der Waals surface area contributed by atoms with E-state index in [9.17, 15) is 0 Å². The molecule has 0 spiro atoms. The minimum Gasteiger partial charge on any atom is -0.369 e. The van der Waals surface area contributed by atoms with Crippen LogP contribution in [0.1, 0.15) is 25.0 Å². The number of fused-ring (bicyclic) bond motifs is 1. The predicted molar refractivity (Wildman–Crippen MR) is 91.8 cm³/mol. The largest absolute Gasteiger partial charge is 0.369 e. The van der Waals surface area contributed by atoms with Gasteiger partial charge in [-0.05, 0) is 25.1 Å². The number of aliphatic imine (C=N–C) groups is 1. The van der Waals surface area contributed by atoms with Crippen molar-refractivity contribution in [2.45, 2.75) is 20.3 Å². The Balaban J connectivity index is 0.00000180. The third-order valence-corrected chi connectivity index (χ3v) is 3.54. The molecule has 1 aliphatic rings. The van der Waals surface area contributed by atoms with Crippen LogP contribution in [0.2, 0.25) is 0 Å². The number of hydrogen-bond acceptors (Lipinski definition) is 3. The molecule has 0 atom stereocenters. The molecule has 0 aliphatic carbocycles. The molecule has 1 N–H and O–H groups in total. The molecule has 0 saturated carbocycles. The fourth-order valence-corrected chi connectivity index (χ4v) is 2.37. The second kappa shape index (κ2) is 10.0. The topological polar surface area (TPSA) is 27.6 Å². The van der Waals surface area contributed by atoms with E-state index in [2.05, 4.69) is 53.3 Å². The third-order valence-electron chi connectivity index (χ3n) is 3.54. The number of likely N-dealkylation sites (N-methyl/N-ethyl adjacent to an activating group) is 1. The Bertz CT molecular complexity index is 417. The maximum absolute atomic E-state index is 4.61. The molecule has 2 rings (SSSR count). The lowest BCUT2D eigenvalue weighted by Gasteiger charge is -2.21. The number of nitrogens with zero attached hydrogens (tertiary/aromatic N) is 2. The van der Waals surface area contributed by atoms with E-state index in [1.165, 1.54) is 11.1 Å². The standard InChI is InChI=1S/C15H23N3.2ClH/c1-3-18(4-2)12-11-17-15-14-8-6-5-7-13(14)9-10-16-15;;/h5-8H,3-4,9-12H2,1-2H3,(H,16,17);2*1H. The first-order valence-corrected chi connectivity index (χ1v) is 6.94. The van der Waals surface area contributed by atoms with Gasteiger partial charge in [0.25, 0.3) is 0 Å². The van der Waals surface area contributed by atoms with Gasteiger partial charge in [-0.3, -0.25) is 4.99 Å². The van der Waals surface area contributed by atoms with Crippen molar-refractivity contribution in [1.29, 1.82) is 0 Å². The summed E-state index contributed by atoms with van der Waals surface area (Å²) < 4.78 is 0. The maximum Gasteiger partial charge on any atom is 0.128 e. The Kier molecular flexibility index (Phi) is 9.64. The van der Waals surface area contributed by atoms with Crippen molar-refractivity contribution in [3.8, 4) is 0 Å². The van der Waals surface area contributed by atoms with Crippen LogP contribution in [0, 0.1) is 0 Å². The molecule has 5 heteroatoms. The molecule has 0 bridgehead atoms. The highest BCUT2D eigenvalue weighted by Crippen LogP contribution is 2.14. The van der Waals surface area contributed by atoms with E-state index in [0.717, 1.165) is 45.0 Å². The SMILES string of the molecule is CCN(CC)CCNC1=NCCc2ccccc21.Cl.Cl. The molecule has 0 aromatic heterocycles. The van der Waals surface area contributed by atoms with Crippen molar-refractivity contribution >= 4 is 30.6 Å². The molecular weight excluding hydrogens is 293 g/mol. The lowest BCUT2D eigenvalue weighted by Crippen LogP contribution is -2.36. The van der Waals surface area contributed by atoms with Gasteiger partial charge in [0.1, 0.15) is 5.84 Å². The van der Waals surface area contributed by atoms with Crippen LogP contribution in [0.4, 0.5) is 0 Å². The zero-order valence-electron chi connectivity index (χ0n) is 12.3. The van der Waals surface area contributed by atoms with E-state index in [0.29, 0.717) is 0 Å². The number of nitrogens with one attached hydrogen (secondary N) is 1. The van der Waals surface area contributed by atoms with Crippen LogP contribution in [-0.4, -0.2) is 43.5 Å². The fraction of sp³-hybridized carbons (Fsp3) is 0.533. The quantitative estimate of drug-likeness (QED) is 0.904. The summed E-state index contributed by atoms with van der Waals surface area (Å²) in [4.78, 5) is 7.03. The number of benzene rings is 1. The zero-order chi connectivity index (χ0) is 12.8. The summed E-state index contributed by atoms with van der Waals surface area (Å²) in [6.45, 7) is 9.59. The molecule has 0 unspecified atom stereocenters. The number of amidine groups is 1. The van der Waals surface area contributed by atoms with Crippen LogP contribution in [0.25, 0.3) is 0 Å². The van der Waals surface area contributed by atoms with E-state index < -0.39 is 0 Å². The van der Waals surface area contributed by atoms with Crippen LogP contribution >= 0.6 is 24.8 Å². The summed E-state index contributed by atoms with van der Waals surface area (Å²) in [6.07, 6.45) is 1.07. The number of hydrogen-bond donors (Lipinski definition) is 1. The minimum atomic E-state index is 0. The molecule has 0 saturated heterocycles. The molecule has 3 nitrogen and oxygen atoms in total. The van der Waals surface area contributed by atoms with Gasteiger partial charge >= 0.3 is 0 Å². The lowest BCUT2D eigenvalue weighted by atomic mass is 10.0. The van der Waals surface area contributed by atoms with E-state index in [-0.39, 0.29) is 24.8 Å². The van der Waals surface area contributed by atoms with Gasteiger partial charge in [0.15, 0.2) is 0 Å². The smallest absolute Gasteiger partial charge is 0.128 e.